The number of aromatic nitrogens is 2. The number of nitriles is 1. The molecule has 0 amide bonds. The van der Waals surface area contributed by atoms with Gasteiger partial charge in [-0.25, -0.2) is 4.39 Å². The first-order valence-corrected chi connectivity index (χ1v) is 15.3. The van der Waals surface area contributed by atoms with Crippen LogP contribution >= 0.6 is 11.6 Å². The Bertz CT molecular complexity index is 1670. The molecule has 216 valence electrons. The molecule has 7 nitrogen and oxygen atoms in total. The van der Waals surface area contributed by atoms with Crippen LogP contribution in [0.15, 0.2) is 48.5 Å². The maximum absolute atomic E-state index is 16.6. The fourth-order valence-corrected chi connectivity index (χ4v) is 6.87. The van der Waals surface area contributed by atoms with Crippen LogP contribution in [-0.2, 0) is 0 Å². The summed E-state index contributed by atoms with van der Waals surface area (Å²) in [5.74, 6) is 0.223. The lowest BCUT2D eigenvalue weighted by molar-refractivity contribution is 0.170. The van der Waals surface area contributed by atoms with Crippen molar-refractivity contribution in [3.05, 3.63) is 59.4 Å². The van der Waals surface area contributed by atoms with Crippen LogP contribution < -0.4 is 15.0 Å². The largest absolute Gasteiger partial charge is 0.463 e. The number of hydrogen-bond donors (Lipinski definition) is 1. The van der Waals surface area contributed by atoms with Crippen molar-refractivity contribution in [2.24, 2.45) is 5.41 Å². The van der Waals surface area contributed by atoms with Gasteiger partial charge in [0.1, 0.15) is 11.3 Å². The van der Waals surface area contributed by atoms with E-state index in [2.05, 4.69) is 26.2 Å². The van der Waals surface area contributed by atoms with Gasteiger partial charge in [0.25, 0.3) is 0 Å². The molecule has 1 N–H and O–H groups in total. The van der Waals surface area contributed by atoms with Crippen LogP contribution in [0.2, 0.25) is 5.02 Å². The second-order valence-corrected chi connectivity index (χ2v) is 12.4. The van der Waals surface area contributed by atoms with Gasteiger partial charge >= 0.3 is 6.01 Å². The van der Waals surface area contributed by atoms with Crippen LogP contribution in [0, 0.1) is 22.6 Å². The topological polar surface area (TPSA) is 77.3 Å². The molecule has 1 aromatic heterocycles. The minimum Gasteiger partial charge on any atom is -0.463 e. The second-order valence-electron chi connectivity index (χ2n) is 12.0. The molecule has 0 bridgehead atoms. The zero-order valence-electron chi connectivity index (χ0n) is 23.6. The Hall–Kier alpha value is -3.51. The second kappa shape index (κ2) is 11.3. The highest BCUT2D eigenvalue weighted by Crippen LogP contribution is 2.47. The molecule has 0 spiro atoms. The lowest BCUT2D eigenvalue weighted by Gasteiger charge is -2.34. The van der Waals surface area contributed by atoms with Crippen molar-refractivity contribution in [1.29, 1.82) is 5.26 Å². The van der Waals surface area contributed by atoms with Gasteiger partial charge in [-0.1, -0.05) is 48.0 Å². The molecule has 9 heteroatoms. The van der Waals surface area contributed by atoms with E-state index < -0.39 is 5.82 Å². The molecule has 3 aromatic carbocycles. The van der Waals surface area contributed by atoms with E-state index in [0.717, 1.165) is 48.8 Å². The molecular weight excluding hydrogens is 551 g/mol. The average molecular weight is 585 g/mol. The highest BCUT2D eigenvalue weighted by Gasteiger charge is 2.45. The highest BCUT2D eigenvalue weighted by molar-refractivity contribution is 6.36. The molecule has 0 unspecified atom stereocenters. The van der Waals surface area contributed by atoms with E-state index in [1.807, 2.05) is 42.5 Å². The number of fused-ring (bicyclic) bond motifs is 2. The molecule has 1 atom stereocenters. The van der Waals surface area contributed by atoms with Gasteiger partial charge in [-0.2, -0.15) is 15.2 Å². The number of anilines is 1. The van der Waals surface area contributed by atoms with Crippen LogP contribution in [0.3, 0.4) is 0 Å². The lowest BCUT2D eigenvalue weighted by atomic mass is 9.96. The standard InChI is InChI=1S/C33H34ClFN6O/c34-27-8-4-6-22-5-3-7-24(28(22)27)25-9-10-26-30(29(25)35)38-32(39-31(26)41-18-15-37-23(19-41)11-14-36)42-21-33(12-13-33)20-40-16-1-2-17-40/h3-10,23,37H,1-2,11-13,15-21H2/t23-/m0/s1. The number of rotatable bonds is 8. The van der Waals surface area contributed by atoms with Crippen LogP contribution in [0.25, 0.3) is 32.8 Å². The third kappa shape index (κ3) is 5.26. The molecular formula is C33H34ClFN6O. The number of nitrogens with zero attached hydrogens (tertiary/aromatic N) is 5. The average Bonchev–Trinajstić information content (AvgIpc) is 3.58. The maximum atomic E-state index is 16.6. The molecule has 2 saturated heterocycles. The monoisotopic (exact) mass is 584 g/mol. The fourth-order valence-electron chi connectivity index (χ4n) is 6.58. The molecule has 0 radical (unpaired) electrons. The van der Waals surface area contributed by atoms with Gasteiger partial charge in [-0.05, 0) is 61.9 Å². The first kappa shape index (κ1) is 27.3. The van der Waals surface area contributed by atoms with Crippen molar-refractivity contribution < 1.29 is 9.13 Å². The van der Waals surface area contributed by atoms with Crippen molar-refractivity contribution >= 4 is 39.1 Å². The van der Waals surface area contributed by atoms with Crippen LogP contribution in [0.1, 0.15) is 32.1 Å². The zero-order chi connectivity index (χ0) is 28.7. The third-order valence-electron chi connectivity index (χ3n) is 9.03. The van der Waals surface area contributed by atoms with Gasteiger partial charge in [-0.3, -0.25) is 0 Å². The number of likely N-dealkylation sites (tertiary alicyclic amines) is 1. The van der Waals surface area contributed by atoms with Crippen molar-refractivity contribution in [3.63, 3.8) is 0 Å². The molecule has 4 aromatic rings. The molecule has 1 aliphatic carbocycles. The Morgan fingerprint density at radius 3 is 2.64 bits per heavy atom. The van der Waals surface area contributed by atoms with Crippen molar-refractivity contribution in [2.75, 3.05) is 50.8 Å². The summed E-state index contributed by atoms with van der Waals surface area (Å²) in [4.78, 5) is 14.2. The van der Waals surface area contributed by atoms with Gasteiger partial charge in [-0.15, -0.1) is 0 Å². The molecule has 3 heterocycles. The summed E-state index contributed by atoms with van der Waals surface area (Å²) in [5.41, 5.74) is 1.51. The summed E-state index contributed by atoms with van der Waals surface area (Å²) in [6.45, 7) is 5.85. The first-order valence-electron chi connectivity index (χ1n) is 14.9. The number of benzene rings is 3. The van der Waals surface area contributed by atoms with Gasteiger partial charge in [0.2, 0.25) is 0 Å². The smallest absolute Gasteiger partial charge is 0.319 e. The van der Waals surface area contributed by atoms with E-state index in [9.17, 15) is 5.26 Å². The van der Waals surface area contributed by atoms with Gasteiger partial charge in [0.15, 0.2) is 5.82 Å². The quantitative estimate of drug-likeness (QED) is 0.265. The van der Waals surface area contributed by atoms with Crippen molar-refractivity contribution in [1.82, 2.24) is 20.2 Å². The van der Waals surface area contributed by atoms with Crippen LogP contribution in [0.4, 0.5) is 10.2 Å². The molecule has 1 saturated carbocycles. The van der Waals surface area contributed by atoms with Gasteiger partial charge in [0, 0.05) is 59.0 Å². The number of piperazine rings is 1. The zero-order valence-corrected chi connectivity index (χ0v) is 24.3. The normalized spacial score (nSPS) is 20.2. The van der Waals surface area contributed by atoms with Crippen LogP contribution in [0.5, 0.6) is 6.01 Å². The summed E-state index contributed by atoms with van der Waals surface area (Å²) < 4.78 is 22.9. The summed E-state index contributed by atoms with van der Waals surface area (Å²) in [6, 6.07) is 17.7. The lowest BCUT2D eigenvalue weighted by Crippen LogP contribution is -2.51. The summed E-state index contributed by atoms with van der Waals surface area (Å²) in [6.07, 6.45) is 5.16. The maximum Gasteiger partial charge on any atom is 0.319 e. The summed E-state index contributed by atoms with van der Waals surface area (Å²) in [5, 5.41) is 15.7. The van der Waals surface area contributed by atoms with E-state index in [-0.39, 0.29) is 23.0 Å². The molecule has 3 aliphatic rings. The minimum absolute atomic E-state index is 0.00951. The van der Waals surface area contributed by atoms with Gasteiger partial charge < -0.3 is 19.9 Å². The van der Waals surface area contributed by atoms with Crippen molar-refractivity contribution in [3.8, 4) is 23.2 Å². The summed E-state index contributed by atoms with van der Waals surface area (Å²) in [7, 11) is 0. The predicted molar refractivity (Wildman–Crippen MR) is 165 cm³/mol. The van der Waals surface area contributed by atoms with E-state index in [4.69, 9.17) is 21.3 Å². The number of nitrogens with one attached hydrogen (secondary N) is 1. The molecule has 7 rings (SSSR count). The molecule has 2 aliphatic heterocycles. The molecule has 42 heavy (non-hydrogen) atoms. The van der Waals surface area contributed by atoms with E-state index in [1.54, 1.807) is 6.07 Å². The third-order valence-corrected chi connectivity index (χ3v) is 9.34. The Morgan fingerprint density at radius 2 is 1.86 bits per heavy atom. The predicted octanol–water partition coefficient (Wildman–Crippen LogP) is 6.19. The SMILES string of the molecule is N#CC[C@H]1CN(c2nc(OCC3(CN4CCCC4)CC3)nc3c(F)c(-c4cccc5cccc(Cl)c45)ccc23)CCN1. The fraction of sp³-hybridized carbons (Fsp3) is 0.424. The number of halogens is 2. The van der Waals surface area contributed by atoms with Crippen molar-refractivity contribution in [2.45, 2.75) is 38.1 Å². The van der Waals surface area contributed by atoms with E-state index in [1.165, 1.54) is 12.8 Å². The molecule has 3 fully saturated rings. The van der Waals surface area contributed by atoms with E-state index >= 15 is 4.39 Å². The number of hydrogen-bond acceptors (Lipinski definition) is 7. The Balaban J connectivity index is 1.29. The first-order chi connectivity index (χ1) is 20.5. The number of ether oxygens (including phenoxy) is 1. The summed E-state index contributed by atoms with van der Waals surface area (Å²) >= 11 is 6.62. The Kier molecular flexibility index (Phi) is 7.35. The Morgan fingerprint density at radius 1 is 1.05 bits per heavy atom. The van der Waals surface area contributed by atoms with Crippen LogP contribution in [-0.4, -0.2) is 66.8 Å². The minimum atomic E-state index is -0.421. The highest BCUT2D eigenvalue weighted by atomic mass is 35.5. The Labute approximate surface area is 250 Å². The van der Waals surface area contributed by atoms with E-state index in [0.29, 0.717) is 54.5 Å². The van der Waals surface area contributed by atoms with Gasteiger partial charge in [0.05, 0.1) is 19.1 Å².